The topological polar surface area (TPSA) is 37.0 Å². The maximum absolute atomic E-state index is 4.62. The van der Waals surface area contributed by atoms with Crippen LogP contribution in [0.2, 0.25) is 0 Å². The predicted molar refractivity (Wildman–Crippen MR) is 80.6 cm³/mol. The Labute approximate surface area is 114 Å². The van der Waals surface area contributed by atoms with Gasteiger partial charge in [-0.1, -0.05) is 19.1 Å². The van der Waals surface area contributed by atoms with Crippen LogP contribution in [0.1, 0.15) is 30.9 Å². The third kappa shape index (κ3) is 2.56. The number of aromatic nitrogens is 1. The minimum absolute atomic E-state index is 0.927. The second-order valence-corrected chi connectivity index (χ2v) is 5.22. The lowest BCUT2D eigenvalue weighted by Gasteiger charge is -2.19. The van der Waals surface area contributed by atoms with Crippen molar-refractivity contribution in [2.24, 2.45) is 0 Å². The zero-order chi connectivity index (χ0) is 13.1. The van der Waals surface area contributed by atoms with Crippen molar-refractivity contribution < 1.29 is 0 Å². The van der Waals surface area contributed by atoms with Crippen molar-refractivity contribution in [3.63, 3.8) is 0 Å². The largest absolute Gasteiger partial charge is 0.384 e. The molecular weight excluding hydrogens is 234 g/mol. The molecule has 0 saturated carbocycles. The number of fused-ring (bicyclic) bond motifs is 3. The highest BCUT2D eigenvalue weighted by Gasteiger charge is 2.12. The lowest BCUT2D eigenvalue weighted by molar-refractivity contribution is 0.676. The van der Waals surface area contributed by atoms with E-state index < -0.39 is 0 Å². The summed E-state index contributed by atoms with van der Waals surface area (Å²) in [5, 5.41) is 8.22. The van der Waals surface area contributed by atoms with Gasteiger partial charge in [0.1, 0.15) is 0 Å². The highest BCUT2D eigenvalue weighted by molar-refractivity contribution is 5.93. The number of nitrogens with zero attached hydrogens (tertiary/aromatic N) is 1. The van der Waals surface area contributed by atoms with Gasteiger partial charge in [-0.05, 0) is 43.0 Å². The van der Waals surface area contributed by atoms with Crippen LogP contribution in [-0.4, -0.2) is 18.1 Å². The molecule has 1 aromatic carbocycles. The number of aryl methyl sites for hydroxylation is 1. The molecule has 0 radical (unpaired) electrons. The molecule has 100 valence electrons. The molecule has 2 heterocycles. The minimum Gasteiger partial charge on any atom is -0.384 e. The standard InChI is InChI=1S/C16H21N3/c1-2-7-17-10-12-5-6-14-15(9-12)19-11-13-4-3-8-18-16(13)14/h5-6,9,11,17-18H,2-4,7-8,10H2,1H3. The first kappa shape index (κ1) is 12.4. The Kier molecular flexibility index (Phi) is 3.65. The lowest BCUT2D eigenvalue weighted by atomic mass is 10.0. The van der Waals surface area contributed by atoms with E-state index in [0.717, 1.165) is 31.6 Å². The summed E-state index contributed by atoms with van der Waals surface area (Å²) >= 11 is 0. The van der Waals surface area contributed by atoms with Crippen molar-refractivity contribution in [1.29, 1.82) is 0 Å². The average molecular weight is 255 g/mol. The van der Waals surface area contributed by atoms with Gasteiger partial charge in [-0.15, -0.1) is 0 Å². The van der Waals surface area contributed by atoms with E-state index in [1.165, 1.54) is 35.0 Å². The predicted octanol–water partition coefficient (Wildman–Crippen LogP) is 3.09. The summed E-state index contributed by atoms with van der Waals surface area (Å²) in [6.45, 7) is 5.26. The summed E-state index contributed by atoms with van der Waals surface area (Å²) < 4.78 is 0. The van der Waals surface area contributed by atoms with Crippen LogP contribution in [0.15, 0.2) is 24.4 Å². The first-order valence-corrected chi connectivity index (χ1v) is 7.23. The fraction of sp³-hybridized carbons (Fsp3) is 0.438. The van der Waals surface area contributed by atoms with Crippen LogP contribution in [0.5, 0.6) is 0 Å². The normalized spacial score (nSPS) is 14.2. The molecule has 1 aromatic heterocycles. The number of nitrogens with one attached hydrogen (secondary N) is 2. The third-order valence-corrected chi connectivity index (χ3v) is 3.69. The summed E-state index contributed by atoms with van der Waals surface area (Å²) in [5.74, 6) is 0. The molecule has 0 amide bonds. The maximum atomic E-state index is 4.62. The lowest BCUT2D eigenvalue weighted by Crippen LogP contribution is -2.14. The van der Waals surface area contributed by atoms with Gasteiger partial charge in [0.25, 0.3) is 0 Å². The van der Waals surface area contributed by atoms with Gasteiger partial charge < -0.3 is 10.6 Å². The molecule has 3 rings (SSSR count). The van der Waals surface area contributed by atoms with E-state index in [2.05, 4.69) is 40.7 Å². The molecule has 2 N–H and O–H groups in total. The van der Waals surface area contributed by atoms with E-state index in [9.17, 15) is 0 Å². The Morgan fingerprint density at radius 3 is 3.21 bits per heavy atom. The van der Waals surface area contributed by atoms with Crippen molar-refractivity contribution in [2.75, 3.05) is 18.4 Å². The maximum Gasteiger partial charge on any atom is 0.0726 e. The monoisotopic (exact) mass is 255 g/mol. The van der Waals surface area contributed by atoms with Crippen LogP contribution in [0.4, 0.5) is 5.69 Å². The Bertz CT molecular complexity index is 577. The quantitative estimate of drug-likeness (QED) is 0.824. The Morgan fingerprint density at radius 2 is 2.32 bits per heavy atom. The summed E-state index contributed by atoms with van der Waals surface area (Å²) in [6.07, 6.45) is 5.56. The van der Waals surface area contributed by atoms with Gasteiger partial charge in [-0.2, -0.15) is 0 Å². The minimum atomic E-state index is 0.927. The Morgan fingerprint density at radius 1 is 1.37 bits per heavy atom. The highest BCUT2D eigenvalue weighted by atomic mass is 14.9. The molecule has 0 atom stereocenters. The van der Waals surface area contributed by atoms with Crippen LogP contribution >= 0.6 is 0 Å². The molecule has 3 nitrogen and oxygen atoms in total. The molecule has 0 bridgehead atoms. The SMILES string of the molecule is CCCNCc1ccc2c3c(cnc2c1)CCCN3. The molecule has 1 aliphatic rings. The van der Waals surface area contributed by atoms with Gasteiger partial charge in [0.15, 0.2) is 0 Å². The first-order valence-electron chi connectivity index (χ1n) is 7.23. The summed E-state index contributed by atoms with van der Waals surface area (Å²) in [5.41, 5.74) is 5.06. The smallest absolute Gasteiger partial charge is 0.0726 e. The highest BCUT2D eigenvalue weighted by Crippen LogP contribution is 2.29. The average Bonchev–Trinajstić information content (AvgIpc) is 2.47. The Balaban J connectivity index is 1.91. The van der Waals surface area contributed by atoms with Gasteiger partial charge in [0.2, 0.25) is 0 Å². The third-order valence-electron chi connectivity index (χ3n) is 3.69. The van der Waals surface area contributed by atoms with Crippen molar-refractivity contribution in [3.05, 3.63) is 35.5 Å². The zero-order valence-corrected chi connectivity index (χ0v) is 11.5. The number of pyridine rings is 1. The van der Waals surface area contributed by atoms with E-state index >= 15 is 0 Å². The van der Waals surface area contributed by atoms with Crippen molar-refractivity contribution in [1.82, 2.24) is 10.3 Å². The van der Waals surface area contributed by atoms with E-state index in [4.69, 9.17) is 0 Å². The fourth-order valence-corrected chi connectivity index (χ4v) is 2.69. The van der Waals surface area contributed by atoms with Crippen molar-refractivity contribution >= 4 is 16.6 Å². The van der Waals surface area contributed by atoms with Crippen LogP contribution in [0.25, 0.3) is 10.9 Å². The summed E-state index contributed by atoms with van der Waals surface area (Å²) in [7, 11) is 0. The molecule has 0 spiro atoms. The summed E-state index contributed by atoms with van der Waals surface area (Å²) in [4.78, 5) is 4.62. The van der Waals surface area contributed by atoms with E-state index in [1.807, 2.05) is 6.20 Å². The Hall–Kier alpha value is -1.61. The van der Waals surface area contributed by atoms with E-state index in [-0.39, 0.29) is 0 Å². The number of benzene rings is 1. The van der Waals surface area contributed by atoms with Gasteiger partial charge >= 0.3 is 0 Å². The van der Waals surface area contributed by atoms with Gasteiger partial charge in [0.05, 0.1) is 5.52 Å². The molecule has 0 aliphatic carbocycles. The molecule has 2 aromatic rings. The molecule has 0 unspecified atom stereocenters. The molecule has 0 fully saturated rings. The number of hydrogen-bond donors (Lipinski definition) is 2. The van der Waals surface area contributed by atoms with Crippen LogP contribution in [-0.2, 0) is 13.0 Å². The number of anilines is 1. The fourth-order valence-electron chi connectivity index (χ4n) is 2.69. The van der Waals surface area contributed by atoms with Gasteiger partial charge in [0, 0.05) is 30.4 Å². The van der Waals surface area contributed by atoms with E-state index in [1.54, 1.807) is 0 Å². The number of rotatable bonds is 4. The molecule has 19 heavy (non-hydrogen) atoms. The van der Waals surface area contributed by atoms with Crippen LogP contribution in [0, 0.1) is 0 Å². The van der Waals surface area contributed by atoms with Crippen LogP contribution < -0.4 is 10.6 Å². The van der Waals surface area contributed by atoms with Gasteiger partial charge in [-0.25, -0.2) is 0 Å². The second kappa shape index (κ2) is 5.57. The van der Waals surface area contributed by atoms with E-state index in [0.29, 0.717) is 0 Å². The molecular formula is C16H21N3. The van der Waals surface area contributed by atoms with Gasteiger partial charge in [-0.3, -0.25) is 4.98 Å². The molecule has 0 saturated heterocycles. The van der Waals surface area contributed by atoms with Crippen molar-refractivity contribution in [3.8, 4) is 0 Å². The first-order chi connectivity index (χ1) is 9.38. The number of hydrogen-bond acceptors (Lipinski definition) is 3. The van der Waals surface area contributed by atoms with Crippen LogP contribution in [0.3, 0.4) is 0 Å². The van der Waals surface area contributed by atoms with Crippen molar-refractivity contribution in [2.45, 2.75) is 32.7 Å². The molecule has 1 aliphatic heterocycles. The second-order valence-electron chi connectivity index (χ2n) is 5.22. The summed E-state index contributed by atoms with van der Waals surface area (Å²) in [6, 6.07) is 6.63. The molecule has 3 heteroatoms. The zero-order valence-electron chi connectivity index (χ0n) is 11.5.